The van der Waals surface area contributed by atoms with Crippen molar-refractivity contribution in [3.05, 3.63) is 0 Å². The van der Waals surface area contributed by atoms with Crippen LogP contribution in [0.2, 0.25) is 0 Å². The molecule has 0 saturated heterocycles. The third-order valence-electron chi connectivity index (χ3n) is 18.1. The molecule has 2 N–H and O–H groups in total. The molecular formula is C73H138N2O2. The first-order chi connectivity index (χ1) is 36.5. The lowest BCUT2D eigenvalue weighted by atomic mass is 9.74. The molecule has 0 fully saturated rings. The van der Waals surface area contributed by atoms with E-state index in [-0.39, 0.29) is 24.9 Å². The predicted molar refractivity (Wildman–Crippen MR) is 343 cm³/mol. The van der Waals surface area contributed by atoms with Crippen LogP contribution in [-0.2, 0) is 9.59 Å². The Kier molecular flexibility index (Phi) is 45.5. The van der Waals surface area contributed by atoms with Crippen LogP contribution < -0.4 is 10.6 Å². The van der Waals surface area contributed by atoms with Gasteiger partial charge >= 0.3 is 0 Å². The molecule has 452 valence electrons. The largest absolute Gasteiger partial charge is 0.344 e. The minimum Gasteiger partial charge on any atom is -0.344 e. The van der Waals surface area contributed by atoms with Gasteiger partial charge in [0.1, 0.15) is 5.41 Å². The van der Waals surface area contributed by atoms with Gasteiger partial charge in [0.25, 0.3) is 0 Å². The van der Waals surface area contributed by atoms with Crippen LogP contribution in [0, 0.1) is 113 Å². The second kappa shape index (κ2) is 46.6. The first kappa shape index (κ1) is 75.1. The summed E-state index contributed by atoms with van der Waals surface area (Å²) in [7, 11) is 0. The molecule has 0 aromatic rings. The summed E-state index contributed by atoms with van der Waals surface area (Å²) in [5.74, 6) is 15.3. The van der Waals surface area contributed by atoms with Gasteiger partial charge in [-0.1, -0.05) is 328 Å². The molecule has 0 aliphatic heterocycles. The number of carbonyl (C=O) groups excluding carboxylic acids is 2. The zero-order valence-corrected chi connectivity index (χ0v) is 55.0. The molecule has 77 heavy (non-hydrogen) atoms. The van der Waals surface area contributed by atoms with Crippen LogP contribution in [0.15, 0.2) is 0 Å². The van der Waals surface area contributed by atoms with Gasteiger partial charge in [-0.2, -0.15) is 0 Å². The van der Waals surface area contributed by atoms with Crippen molar-refractivity contribution in [3.8, 4) is 24.7 Å². The Labute approximate surface area is 484 Å². The third kappa shape index (κ3) is 41.7. The van der Waals surface area contributed by atoms with Gasteiger partial charge in [-0.15, -0.1) is 12.8 Å². The molecule has 0 unspecified atom stereocenters. The summed E-state index contributed by atoms with van der Waals surface area (Å²) in [5.41, 5.74) is -1.20. The smallest absolute Gasteiger partial charge is 0.236 e. The average Bonchev–Trinajstić information content (AvgIpc) is 3.35. The zero-order chi connectivity index (χ0) is 58.0. The molecule has 0 bridgehead atoms. The van der Waals surface area contributed by atoms with Gasteiger partial charge in [0, 0.05) is 0 Å². The van der Waals surface area contributed by atoms with Gasteiger partial charge in [-0.3, -0.25) is 9.59 Å². The molecule has 0 aromatic heterocycles. The van der Waals surface area contributed by atoms with Crippen LogP contribution in [0.5, 0.6) is 0 Å². The molecule has 0 spiro atoms. The highest BCUT2D eigenvalue weighted by Gasteiger charge is 2.44. The summed E-state index contributed by atoms with van der Waals surface area (Å²) in [5, 5.41) is 6.13. The summed E-state index contributed by atoms with van der Waals surface area (Å²) in [6, 6.07) is 0. The maximum Gasteiger partial charge on any atom is 0.236 e. The zero-order valence-electron chi connectivity index (χ0n) is 55.0. The van der Waals surface area contributed by atoms with Crippen molar-refractivity contribution in [3.63, 3.8) is 0 Å². The fourth-order valence-corrected chi connectivity index (χ4v) is 12.6. The Hall–Kier alpha value is -1.94. The fourth-order valence-electron chi connectivity index (χ4n) is 12.6. The SMILES string of the molecule is C#CCNC(=O)C(CCCC(CCCC(CCC(C)C)CCC(C)C)CCCC(CCC(C)C)CCC(C)C)(CCCC(CCCC(CCC(C)C)CCC(C)C)CCCC(CCC(C)C)CCC(C)C)C(=O)NCC#C. The van der Waals surface area contributed by atoms with Crippen LogP contribution in [0.25, 0.3) is 0 Å². The van der Waals surface area contributed by atoms with E-state index in [9.17, 15) is 9.59 Å². The molecule has 0 aromatic carbocycles. The van der Waals surface area contributed by atoms with Crippen LogP contribution >= 0.6 is 0 Å². The molecule has 0 rings (SSSR count). The lowest BCUT2D eigenvalue weighted by Crippen LogP contribution is -2.52. The summed E-state index contributed by atoms with van der Waals surface area (Å²) >= 11 is 0. The number of amides is 2. The van der Waals surface area contributed by atoms with Crippen molar-refractivity contribution in [1.82, 2.24) is 10.6 Å². The highest BCUT2D eigenvalue weighted by atomic mass is 16.2. The molecule has 0 saturated carbocycles. The molecule has 4 nitrogen and oxygen atoms in total. The highest BCUT2D eigenvalue weighted by molar-refractivity contribution is 6.05. The molecule has 0 radical (unpaired) electrons. The minimum absolute atomic E-state index is 0.126. The highest BCUT2D eigenvalue weighted by Crippen LogP contribution is 2.38. The van der Waals surface area contributed by atoms with Gasteiger partial charge in [-0.25, -0.2) is 0 Å². The molecule has 0 heterocycles. The lowest BCUT2D eigenvalue weighted by Gasteiger charge is -2.32. The van der Waals surface area contributed by atoms with Crippen LogP contribution in [0.3, 0.4) is 0 Å². The first-order valence-corrected chi connectivity index (χ1v) is 34.0. The normalized spacial score (nSPS) is 12.6. The molecule has 0 atom stereocenters. The van der Waals surface area contributed by atoms with E-state index in [1.807, 2.05) is 0 Å². The fraction of sp³-hybridized carbons (Fsp3) is 0.918. The van der Waals surface area contributed by atoms with Gasteiger partial charge < -0.3 is 10.6 Å². The lowest BCUT2D eigenvalue weighted by molar-refractivity contribution is -0.145. The third-order valence-corrected chi connectivity index (χ3v) is 18.1. The van der Waals surface area contributed by atoms with Crippen molar-refractivity contribution in [1.29, 1.82) is 0 Å². The van der Waals surface area contributed by atoms with E-state index in [0.29, 0.717) is 24.7 Å². The summed E-state index contributed by atoms with van der Waals surface area (Å²) in [6.45, 7) is 38.3. The standard InChI is InChI=1S/C73H138N2O2/c1-19-55-74-71(76)73(72(77)75-56-20-2,53-25-35-65(27-21-31-67(45-37-57(3)4)46-38-58(5)6)28-22-32-68(47-39-59(7)8)48-40-60(9)10)54-26-36-66(29-23-33-69(49-41-61(11)12)50-42-62(13)14)30-24-34-70(51-43-63(15)16)52-44-64(17)18/h1-2,57-70H,21-56H2,3-18H3,(H,74,76)(H,75,77). The number of rotatable bonds is 52. The van der Waals surface area contributed by atoms with E-state index in [1.54, 1.807) is 0 Å². The van der Waals surface area contributed by atoms with Gasteiger partial charge in [-0.05, 0) is 95.7 Å². The van der Waals surface area contributed by atoms with Gasteiger partial charge in [0.05, 0.1) is 13.1 Å². The summed E-state index contributed by atoms with van der Waals surface area (Å²) < 4.78 is 0. The number of nitrogens with one attached hydrogen (secondary N) is 2. The second-order valence-corrected chi connectivity index (χ2v) is 29.3. The van der Waals surface area contributed by atoms with E-state index < -0.39 is 5.41 Å². The van der Waals surface area contributed by atoms with E-state index in [2.05, 4.69) is 133 Å². The van der Waals surface area contributed by atoms with E-state index >= 15 is 0 Å². The Morgan fingerprint density at radius 1 is 0.286 bits per heavy atom. The van der Waals surface area contributed by atoms with Crippen LogP contribution in [-0.4, -0.2) is 24.9 Å². The van der Waals surface area contributed by atoms with Crippen molar-refractivity contribution in [2.45, 2.75) is 329 Å². The number of hydrogen-bond donors (Lipinski definition) is 2. The van der Waals surface area contributed by atoms with Crippen molar-refractivity contribution >= 4 is 11.8 Å². The monoisotopic (exact) mass is 1080 g/mol. The van der Waals surface area contributed by atoms with Crippen LogP contribution in [0.4, 0.5) is 0 Å². The molecule has 0 aliphatic rings. The van der Waals surface area contributed by atoms with Crippen molar-refractivity contribution < 1.29 is 9.59 Å². The number of terminal acetylenes is 2. The summed E-state index contributed by atoms with van der Waals surface area (Å²) in [4.78, 5) is 29.4. The predicted octanol–water partition coefficient (Wildman–Crippen LogP) is 21.7. The Morgan fingerprint density at radius 2 is 0.455 bits per heavy atom. The average molecular weight is 1080 g/mol. The Balaban J connectivity index is 6.87. The maximum absolute atomic E-state index is 14.7. The van der Waals surface area contributed by atoms with Gasteiger partial charge in [0.2, 0.25) is 11.8 Å². The quantitative estimate of drug-likeness (QED) is 0.0471. The first-order valence-electron chi connectivity index (χ1n) is 34.0. The number of hydrogen-bond acceptors (Lipinski definition) is 2. The van der Waals surface area contributed by atoms with Crippen LogP contribution in [0.1, 0.15) is 329 Å². The van der Waals surface area contributed by atoms with Gasteiger partial charge in [0.15, 0.2) is 0 Å². The Bertz CT molecular complexity index is 1250. The topological polar surface area (TPSA) is 58.2 Å². The molecule has 4 heteroatoms. The maximum atomic E-state index is 14.7. The molecule has 2 amide bonds. The second-order valence-electron chi connectivity index (χ2n) is 29.3. The van der Waals surface area contributed by atoms with E-state index in [1.165, 1.54) is 180 Å². The Morgan fingerprint density at radius 3 is 0.623 bits per heavy atom. The molecule has 0 aliphatic carbocycles. The summed E-state index contributed by atoms with van der Waals surface area (Å²) in [6.07, 6.45) is 53.2. The minimum atomic E-state index is -1.20. The molecular weight excluding hydrogens is 937 g/mol. The van der Waals surface area contributed by atoms with E-state index in [0.717, 1.165) is 96.7 Å². The van der Waals surface area contributed by atoms with Crippen molar-refractivity contribution in [2.24, 2.45) is 88.3 Å². The van der Waals surface area contributed by atoms with Crippen molar-refractivity contribution in [2.75, 3.05) is 13.1 Å². The van der Waals surface area contributed by atoms with E-state index in [4.69, 9.17) is 12.8 Å². The number of carbonyl (C=O) groups is 2.